The highest BCUT2D eigenvalue weighted by molar-refractivity contribution is 5.84. The maximum Gasteiger partial charge on any atom is 0.161 e. The molecule has 18 heavy (non-hydrogen) atoms. The van der Waals surface area contributed by atoms with Crippen LogP contribution < -0.4 is 9.47 Å². The van der Waals surface area contributed by atoms with E-state index in [0.29, 0.717) is 6.04 Å². The second kappa shape index (κ2) is 5.89. The first-order valence-electron chi connectivity index (χ1n) is 6.61. The third-order valence-electron chi connectivity index (χ3n) is 3.16. The van der Waals surface area contributed by atoms with Gasteiger partial charge in [-0.05, 0) is 43.0 Å². The van der Waals surface area contributed by atoms with Crippen LogP contribution in [-0.2, 0) is 6.42 Å². The predicted octanol–water partition coefficient (Wildman–Crippen LogP) is 3.24. The van der Waals surface area contributed by atoms with E-state index >= 15 is 0 Å². The number of nitrogens with zero attached hydrogens (tertiary/aromatic N) is 1. The van der Waals surface area contributed by atoms with Crippen molar-refractivity contribution in [3.05, 3.63) is 23.3 Å². The van der Waals surface area contributed by atoms with Crippen LogP contribution in [0.5, 0.6) is 11.5 Å². The number of methoxy groups -OCH3 is 1. The van der Waals surface area contributed by atoms with Gasteiger partial charge in [0, 0.05) is 6.21 Å². The second-order valence-electron chi connectivity index (χ2n) is 4.74. The average Bonchev–Trinajstić information content (AvgIpc) is 2.38. The lowest BCUT2D eigenvalue weighted by atomic mass is 9.98. The molecule has 0 N–H and O–H groups in total. The summed E-state index contributed by atoms with van der Waals surface area (Å²) in [5.41, 5.74) is 2.44. The van der Waals surface area contributed by atoms with Gasteiger partial charge in [-0.25, -0.2) is 0 Å². The van der Waals surface area contributed by atoms with E-state index in [9.17, 15) is 0 Å². The average molecular weight is 247 g/mol. The van der Waals surface area contributed by atoms with Crippen LogP contribution in [0.4, 0.5) is 0 Å². The topological polar surface area (TPSA) is 30.8 Å². The summed E-state index contributed by atoms with van der Waals surface area (Å²) < 4.78 is 11.2. The van der Waals surface area contributed by atoms with Gasteiger partial charge in [-0.2, -0.15) is 0 Å². The van der Waals surface area contributed by atoms with E-state index in [0.717, 1.165) is 42.9 Å². The van der Waals surface area contributed by atoms with Crippen LogP contribution in [0.2, 0.25) is 0 Å². The van der Waals surface area contributed by atoms with Crippen molar-refractivity contribution in [3.63, 3.8) is 0 Å². The molecule has 0 amide bonds. The molecule has 2 rings (SSSR count). The Morgan fingerprint density at radius 3 is 2.89 bits per heavy atom. The van der Waals surface area contributed by atoms with Gasteiger partial charge in [0.15, 0.2) is 11.5 Å². The minimum Gasteiger partial charge on any atom is -0.493 e. The first-order chi connectivity index (χ1) is 8.74. The van der Waals surface area contributed by atoms with Gasteiger partial charge in [-0.1, -0.05) is 13.3 Å². The minimum atomic E-state index is 0.356. The van der Waals surface area contributed by atoms with Crippen LogP contribution >= 0.6 is 0 Å². The van der Waals surface area contributed by atoms with Crippen molar-refractivity contribution in [2.24, 2.45) is 4.99 Å². The summed E-state index contributed by atoms with van der Waals surface area (Å²) in [6.45, 7) is 5.01. The number of benzene rings is 1. The fourth-order valence-corrected chi connectivity index (χ4v) is 2.09. The molecular weight excluding hydrogens is 226 g/mol. The Bertz CT molecular complexity index is 440. The molecular formula is C15H21NO2. The van der Waals surface area contributed by atoms with Crippen molar-refractivity contribution < 1.29 is 9.47 Å². The lowest BCUT2D eigenvalue weighted by molar-refractivity contribution is 0.288. The molecule has 1 aliphatic heterocycles. The predicted molar refractivity (Wildman–Crippen MR) is 74.2 cm³/mol. The fourth-order valence-electron chi connectivity index (χ4n) is 2.09. The molecule has 0 aliphatic carbocycles. The molecule has 3 nitrogen and oxygen atoms in total. The number of aliphatic imine (C=N–C) groups is 1. The zero-order valence-corrected chi connectivity index (χ0v) is 11.4. The van der Waals surface area contributed by atoms with Crippen LogP contribution in [0.15, 0.2) is 17.1 Å². The van der Waals surface area contributed by atoms with Crippen molar-refractivity contribution in [2.45, 2.75) is 39.2 Å². The molecule has 0 saturated heterocycles. The van der Waals surface area contributed by atoms with Gasteiger partial charge in [0.25, 0.3) is 0 Å². The van der Waals surface area contributed by atoms with E-state index in [4.69, 9.17) is 9.47 Å². The Kier molecular flexibility index (Phi) is 4.24. The Balaban J connectivity index is 2.23. The summed E-state index contributed by atoms with van der Waals surface area (Å²) in [4.78, 5) is 4.44. The molecule has 0 bridgehead atoms. The molecule has 3 heteroatoms. The maximum absolute atomic E-state index is 5.77. The van der Waals surface area contributed by atoms with Crippen molar-refractivity contribution in [1.29, 1.82) is 0 Å². The quantitative estimate of drug-likeness (QED) is 0.748. The van der Waals surface area contributed by atoms with Gasteiger partial charge in [-0.15, -0.1) is 0 Å². The molecule has 0 radical (unpaired) electrons. The molecule has 1 unspecified atom stereocenters. The number of ether oxygens (including phenoxy) is 2. The number of rotatable bonds is 5. The first kappa shape index (κ1) is 12.9. The molecule has 1 aromatic rings. The molecule has 1 aromatic carbocycles. The fraction of sp³-hybridized carbons (Fsp3) is 0.533. The zero-order chi connectivity index (χ0) is 13.0. The standard InChI is InChI=1S/C15H21NO2/c1-4-5-6-18-15-9-13-10-16-11(2)7-12(13)8-14(15)17-3/h8-11H,4-7H2,1-3H3. The Hall–Kier alpha value is -1.51. The lowest BCUT2D eigenvalue weighted by Gasteiger charge is -2.18. The largest absolute Gasteiger partial charge is 0.493 e. The number of fused-ring (bicyclic) bond motifs is 1. The molecule has 98 valence electrons. The third kappa shape index (κ3) is 2.84. The van der Waals surface area contributed by atoms with Gasteiger partial charge < -0.3 is 9.47 Å². The highest BCUT2D eigenvalue weighted by Crippen LogP contribution is 2.32. The summed E-state index contributed by atoms with van der Waals surface area (Å²) in [6, 6.07) is 4.48. The molecule has 0 spiro atoms. The summed E-state index contributed by atoms with van der Waals surface area (Å²) >= 11 is 0. The third-order valence-corrected chi connectivity index (χ3v) is 3.16. The summed E-state index contributed by atoms with van der Waals surface area (Å²) in [5.74, 6) is 1.65. The first-order valence-corrected chi connectivity index (χ1v) is 6.61. The lowest BCUT2D eigenvalue weighted by Crippen LogP contribution is -2.12. The van der Waals surface area contributed by atoms with Gasteiger partial charge in [0.2, 0.25) is 0 Å². The number of hydrogen-bond acceptors (Lipinski definition) is 3. The van der Waals surface area contributed by atoms with Crippen LogP contribution in [0.3, 0.4) is 0 Å². The molecule has 0 saturated carbocycles. The van der Waals surface area contributed by atoms with Crippen molar-refractivity contribution in [3.8, 4) is 11.5 Å². The van der Waals surface area contributed by atoms with Crippen LogP contribution in [-0.4, -0.2) is 26.0 Å². The monoisotopic (exact) mass is 247 g/mol. The van der Waals surface area contributed by atoms with E-state index in [1.165, 1.54) is 5.56 Å². The summed E-state index contributed by atoms with van der Waals surface area (Å²) in [7, 11) is 1.69. The molecule has 0 fully saturated rings. The van der Waals surface area contributed by atoms with E-state index < -0.39 is 0 Å². The van der Waals surface area contributed by atoms with Gasteiger partial charge in [0.05, 0.1) is 19.8 Å². The minimum absolute atomic E-state index is 0.356. The second-order valence-corrected chi connectivity index (χ2v) is 4.74. The number of hydrogen-bond donors (Lipinski definition) is 0. The van der Waals surface area contributed by atoms with E-state index in [2.05, 4.69) is 24.9 Å². The maximum atomic E-state index is 5.77. The molecule has 1 heterocycles. The van der Waals surface area contributed by atoms with Crippen LogP contribution in [0, 0.1) is 0 Å². The smallest absolute Gasteiger partial charge is 0.161 e. The Labute approximate surface area is 109 Å². The number of unbranched alkanes of at least 4 members (excludes halogenated alkanes) is 1. The van der Waals surface area contributed by atoms with Crippen molar-refractivity contribution in [2.75, 3.05) is 13.7 Å². The van der Waals surface area contributed by atoms with Gasteiger partial charge in [-0.3, -0.25) is 4.99 Å². The highest BCUT2D eigenvalue weighted by Gasteiger charge is 2.15. The normalized spacial score (nSPS) is 17.4. The van der Waals surface area contributed by atoms with E-state index in [1.54, 1.807) is 7.11 Å². The SMILES string of the molecule is CCCCOc1cc2c(cc1OC)CC(C)N=C2. The van der Waals surface area contributed by atoms with Gasteiger partial charge >= 0.3 is 0 Å². The van der Waals surface area contributed by atoms with E-state index in [-0.39, 0.29) is 0 Å². The zero-order valence-electron chi connectivity index (χ0n) is 11.4. The van der Waals surface area contributed by atoms with Crippen molar-refractivity contribution >= 4 is 6.21 Å². The molecule has 1 aliphatic rings. The molecule has 0 aromatic heterocycles. The van der Waals surface area contributed by atoms with Crippen molar-refractivity contribution in [1.82, 2.24) is 0 Å². The van der Waals surface area contributed by atoms with E-state index in [1.807, 2.05) is 12.3 Å². The van der Waals surface area contributed by atoms with Crippen LogP contribution in [0.25, 0.3) is 0 Å². The Morgan fingerprint density at radius 2 is 2.17 bits per heavy atom. The van der Waals surface area contributed by atoms with Gasteiger partial charge in [0.1, 0.15) is 0 Å². The van der Waals surface area contributed by atoms with Crippen LogP contribution in [0.1, 0.15) is 37.8 Å². The summed E-state index contributed by atoms with van der Waals surface area (Å²) in [6.07, 6.45) is 5.10. The summed E-state index contributed by atoms with van der Waals surface area (Å²) in [5, 5.41) is 0. The molecule has 1 atom stereocenters. The Morgan fingerprint density at radius 1 is 1.33 bits per heavy atom. The highest BCUT2D eigenvalue weighted by atomic mass is 16.5.